The van der Waals surface area contributed by atoms with Gasteiger partial charge in [0.2, 0.25) is 5.91 Å². The maximum absolute atomic E-state index is 12.4. The summed E-state index contributed by atoms with van der Waals surface area (Å²) >= 11 is 1.47. The second-order valence-electron chi connectivity index (χ2n) is 6.65. The van der Waals surface area contributed by atoms with Gasteiger partial charge in [-0.25, -0.2) is 4.98 Å². The first-order chi connectivity index (χ1) is 13.5. The number of nitrogens with one attached hydrogen (secondary N) is 2. The van der Waals surface area contributed by atoms with Crippen molar-refractivity contribution in [3.05, 3.63) is 92.9 Å². The molecular weight excluding hydrogens is 370 g/mol. The monoisotopic (exact) mass is 393 g/mol. The molecule has 0 fully saturated rings. The molecule has 3 aromatic rings. The van der Waals surface area contributed by atoms with Crippen LogP contribution in [0.3, 0.4) is 0 Å². The predicted octanol–water partition coefficient (Wildman–Crippen LogP) is 3.54. The molecule has 1 amide bonds. The van der Waals surface area contributed by atoms with Crippen molar-refractivity contribution in [1.29, 1.82) is 0 Å². The zero-order valence-corrected chi connectivity index (χ0v) is 16.8. The lowest BCUT2D eigenvalue weighted by atomic mass is 10.1. The van der Waals surface area contributed by atoms with Gasteiger partial charge in [-0.15, -0.1) is 0 Å². The third kappa shape index (κ3) is 5.57. The molecule has 0 aliphatic rings. The van der Waals surface area contributed by atoms with Crippen molar-refractivity contribution in [3.63, 3.8) is 0 Å². The van der Waals surface area contributed by atoms with Gasteiger partial charge >= 0.3 is 0 Å². The Bertz CT molecular complexity index is 999. The fourth-order valence-corrected chi connectivity index (χ4v) is 3.58. The third-order valence-corrected chi connectivity index (χ3v) is 5.31. The van der Waals surface area contributed by atoms with Gasteiger partial charge < -0.3 is 10.3 Å². The van der Waals surface area contributed by atoms with Gasteiger partial charge in [0.25, 0.3) is 5.56 Å². The normalized spacial score (nSPS) is 10.6. The number of carbonyl (C=O) groups excluding carboxylic acids is 1. The molecule has 0 atom stereocenters. The Morgan fingerprint density at radius 2 is 1.75 bits per heavy atom. The quantitative estimate of drug-likeness (QED) is 0.476. The van der Waals surface area contributed by atoms with Crippen LogP contribution in [0, 0.1) is 13.8 Å². The number of benzene rings is 2. The van der Waals surface area contributed by atoms with E-state index in [2.05, 4.69) is 15.3 Å². The Labute approximate surface area is 168 Å². The number of H-pyrrole nitrogens is 1. The molecule has 0 aliphatic heterocycles. The summed E-state index contributed by atoms with van der Waals surface area (Å²) in [5.74, 6) is 0.528. The summed E-state index contributed by atoms with van der Waals surface area (Å²) in [5.41, 5.74) is 4.10. The van der Waals surface area contributed by atoms with Crippen LogP contribution in [0.5, 0.6) is 0 Å². The molecule has 6 heteroatoms. The molecule has 1 aromatic heterocycles. The van der Waals surface area contributed by atoms with Gasteiger partial charge in [-0.2, -0.15) is 0 Å². The molecule has 2 aromatic carbocycles. The van der Waals surface area contributed by atoms with Gasteiger partial charge in [-0.1, -0.05) is 71.9 Å². The van der Waals surface area contributed by atoms with Crippen LogP contribution in [0.4, 0.5) is 0 Å². The lowest BCUT2D eigenvalue weighted by molar-refractivity contribution is -0.120. The fraction of sp³-hybridized carbons (Fsp3) is 0.227. The minimum atomic E-state index is -0.256. The van der Waals surface area contributed by atoms with Gasteiger partial charge in [0.15, 0.2) is 5.16 Å². The molecule has 0 bridgehead atoms. The average molecular weight is 394 g/mol. The van der Waals surface area contributed by atoms with Gasteiger partial charge in [-0.3, -0.25) is 9.59 Å². The Morgan fingerprint density at radius 3 is 2.43 bits per heavy atom. The van der Waals surface area contributed by atoms with E-state index in [-0.39, 0.29) is 17.9 Å². The molecule has 0 aliphatic carbocycles. The van der Waals surface area contributed by atoms with Crippen molar-refractivity contribution in [1.82, 2.24) is 15.3 Å². The highest BCUT2D eigenvalue weighted by Gasteiger charge is 2.13. The van der Waals surface area contributed by atoms with E-state index in [1.165, 1.54) is 17.3 Å². The first-order valence-electron chi connectivity index (χ1n) is 9.10. The lowest BCUT2D eigenvalue weighted by Crippen LogP contribution is -2.28. The average Bonchev–Trinajstić information content (AvgIpc) is 2.69. The summed E-state index contributed by atoms with van der Waals surface area (Å²) in [6.07, 6.45) is 0.0175. The molecule has 0 spiro atoms. The number of aromatic nitrogens is 2. The molecule has 0 saturated carbocycles. The smallest absolute Gasteiger partial charge is 0.255 e. The number of amides is 1. The van der Waals surface area contributed by atoms with Crippen molar-refractivity contribution in [2.45, 2.75) is 37.7 Å². The van der Waals surface area contributed by atoms with E-state index in [9.17, 15) is 9.59 Å². The lowest BCUT2D eigenvalue weighted by Gasteiger charge is -2.08. The third-order valence-electron chi connectivity index (χ3n) is 4.37. The highest BCUT2D eigenvalue weighted by molar-refractivity contribution is 7.98. The van der Waals surface area contributed by atoms with Crippen LogP contribution < -0.4 is 10.9 Å². The van der Waals surface area contributed by atoms with Crippen molar-refractivity contribution < 1.29 is 4.79 Å². The first-order valence-corrected chi connectivity index (χ1v) is 10.1. The number of aromatic amines is 1. The molecule has 5 nitrogen and oxygen atoms in total. The van der Waals surface area contributed by atoms with Crippen molar-refractivity contribution in [2.75, 3.05) is 0 Å². The Morgan fingerprint density at radius 1 is 1.04 bits per heavy atom. The van der Waals surface area contributed by atoms with Gasteiger partial charge in [0.05, 0.1) is 6.42 Å². The predicted molar refractivity (Wildman–Crippen MR) is 112 cm³/mol. The summed E-state index contributed by atoms with van der Waals surface area (Å²) < 4.78 is 0. The molecule has 0 radical (unpaired) electrons. The largest absolute Gasteiger partial charge is 0.352 e. The van der Waals surface area contributed by atoms with E-state index in [0.717, 1.165) is 16.9 Å². The van der Waals surface area contributed by atoms with Crippen molar-refractivity contribution in [3.8, 4) is 0 Å². The molecule has 0 unspecified atom stereocenters. The number of hydrogen-bond donors (Lipinski definition) is 2. The number of nitrogens with zero attached hydrogens (tertiary/aromatic N) is 1. The Balaban J connectivity index is 1.59. The summed E-state index contributed by atoms with van der Waals surface area (Å²) in [7, 11) is 0. The maximum Gasteiger partial charge on any atom is 0.255 e. The van der Waals surface area contributed by atoms with E-state index in [1.807, 2.05) is 61.5 Å². The van der Waals surface area contributed by atoms with Gasteiger partial charge in [0.1, 0.15) is 0 Å². The molecular formula is C22H23N3O2S. The van der Waals surface area contributed by atoms with Crippen LogP contribution in [0.2, 0.25) is 0 Å². The number of thioether (sulfide) groups is 1. The molecule has 3 rings (SSSR count). The van der Waals surface area contributed by atoms with E-state index >= 15 is 0 Å². The van der Waals surface area contributed by atoms with E-state index in [4.69, 9.17) is 0 Å². The fourth-order valence-electron chi connectivity index (χ4n) is 2.72. The van der Waals surface area contributed by atoms with Crippen LogP contribution >= 0.6 is 11.8 Å². The summed E-state index contributed by atoms with van der Waals surface area (Å²) in [6, 6.07) is 18.0. The molecule has 0 saturated heterocycles. The van der Waals surface area contributed by atoms with Gasteiger partial charge in [-0.05, 0) is 25.0 Å². The number of carbonyl (C=O) groups is 1. The highest BCUT2D eigenvalue weighted by atomic mass is 32.2. The van der Waals surface area contributed by atoms with Crippen molar-refractivity contribution in [2.24, 2.45) is 0 Å². The number of aryl methyl sites for hydroxylation is 2. The number of hydrogen-bond acceptors (Lipinski definition) is 4. The van der Waals surface area contributed by atoms with E-state index < -0.39 is 0 Å². The zero-order chi connectivity index (χ0) is 19.9. The molecule has 28 heavy (non-hydrogen) atoms. The van der Waals surface area contributed by atoms with Crippen LogP contribution in [-0.4, -0.2) is 15.9 Å². The minimum Gasteiger partial charge on any atom is -0.352 e. The van der Waals surface area contributed by atoms with Crippen LogP contribution in [0.25, 0.3) is 0 Å². The number of rotatable bonds is 7. The summed E-state index contributed by atoms with van der Waals surface area (Å²) in [6.45, 7) is 4.23. The first kappa shape index (κ1) is 19.9. The van der Waals surface area contributed by atoms with E-state index in [1.54, 1.807) is 6.92 Å². The Hall–Kier alpha value is -2.86. The second kappa shape index (κ2) is 9.37. The molecule has 1 heterocycles. The van der Waals surface area contributed by atoms with E-state index in [0.29, 0.717) is 23.0 Å². The molecule has 144 valence electrons. The van der Waals surface area contributed by atoms with Gasteiger partial charge in [0, 0.05) is 23.6 Å². The highest BCUT2D eigenvalue weighted by Crippen LogP contribution is 2.18. The van der Waals surface area contributed by atoms with Crippen LogP contribution in [0.1, 0.15) is 27.9 Å². The summed E-state index contributed by atoms with van der Waals surface area (Å²) in [4.78, 5) is 31.9. The molecule has 2 N–H and O–H groups in total. The Kier molecular flexibility index (Phi) is 6.66. The van der Waals surface area contributed by atoms with Crippen molar-refractivity contribution >= 4 is 17.7 Å². The summed E-state index contributed by atoms with van der Waals surface area (Å²) in [5, 5.41) is 3.42. The zero-order valence-electron chi connectivity index (χ0n) is 16.0. The standard InChI is InChI=1S/C22H23N3O2S/c1-15-8-10-17(11-9-15)13-23-20(26)12-19-16(2)24-22(25-21(19)27)28-14-18-6-4-3-5-7-18/h3-11H,12-14H2,1-2H3,(H,23,26)(H,24,25,27). The van der Waals surface area contributed by atoms with Crippen LogP contribution in [-0.2, 0) is 23.5 Å². The SMILES string of the molecule is Cc1ccc(CNC(=O)Cc2c(C)nc(SCc3ccccc3)[nH]c2=O)cc1. The maximum atomic E-state index is 12.4. The second-order valence-corrected chi connectivity index (χ2v) is 7.61. The minimum absolute atomic E-state index is 0.0175. The van der Waals surface area contributed by atoms with Crippen LogP contribution in [0.15, 0.2) is 64.5 Å². The topological polar surface area (TPSA) is 74.8 Å².